The van der Waals surface area contributed by atoms with Gasteiger partial charge in [-0.3, -0.25) is 0 Å². The largest absolute Gasteiger partial charge is 0.436 e. The van der Waals surface area contributed by atoms with Gasteiger partial charge in [-0.1, -0.05) is 133 Å². The van der Waals surface area contributed by atoms with Crippen LogP contribution in [0.15, 0.2) is 150 Å². The molecule has 12 aromatic rings. The van der Waals surface area contributed by atoms with Crippen molar-refractivity contribution in [2.45, 2.75) is 0 Å². The van der Waals surface area contributed by atoms with Crippen LogP contribution in [-0.2, 0) is 0 Å². The zero-order valence-corrected chi connectivity index (χ0v) is 29.0. The Labute approximate surface area is 304 Å². The van der Waals surface area contributed by atoms with Crippen molar-refractivity contribution in [3.8, 4) is 16.9 Å². The third-order valence-electron chi connectivity index (χ3n) is 10.7. The molecule has 12 rings (SSSR count). The molecule has 0 bridgehead atoms. The van der Waals surface area contributed by atoms with Gasteiger partial charge in [0.2, 0.25) is 5.71 Å². The number of nitrogens with zero attached hydrogens (tertiary/aromatic N) is 3. The quantitative estimate of drug-likeness (QED) is 0.180. The second-order valence-electron chi connectivity index (χ2n) is 13.4. The minimum atomic E-state index is 0.341. The zero-order valence-electron chi connectivity index (χ0n) is 27.4. The summed E-state index contributed by atoms with van der Waals surface area (Å²) < 4.78 is 11.2. The molecule has 0 spiro atoms. The molecule has 0 aliphatic heterocycles. The lowest BCUT2D eigenvalue weighted by atomic mass is 9.97. The zero-order chi connectivity index (χ0) is 34.1. The van der Waals surface area contributed by atoms with Crippen molar-refractivity contribution in [1.29, 1.82) is 0 Å². The Kier molecular flexibility index (Phi) is 5.68. The van der Waals surface area contributed by atoms with Crippen LogP contribution in [0.4, 0.5) is 0 Å². The van der Waals surface area contributed by atoms with Gasteiger partial charge in [-0.25, -0.2) is 9.97 Å². The molecule has 8 aromatic carbocycles. The molecule has 0 atom stereocenters. The lowest BCUT2D eigenvalue weighted by Crippen LogP contribution is -1.97. The highest BCUT2D eigenvalue weighted by atomic mass is 35.5. The first-order chi connectivity index (χ1) is 25.7. The van der Waals surface area contributed by atoms with Crippen LogP contribution in [0.25, 0.3) is 113 Å². The number of halogens is 1. The fourth-order valence-electron chi connectivity index (χ4n) is 8.45. The van der Waals surface area contributed by atoms with Crippen molar-refractivity contribution >= 4 is 119 Å². The third-order valence-corrected chi connectivity index (χ3v) is 12.2. The smallest absolute Gasteiger partial charge is 0.247 e. The molecule has 6 heteroatoms. The molecule has 52 heavy (non-hydrogen) atoms. The van der Waals surface area contributed by atoms with Gasteiger partial charge in [-0.05, 0) is 51.2 Å². The molecular formula is C46H24ClN3OS. The fourth-order valence-corrected chi connectivity index (χ4v) is 10.1. The predicted octanol–water partition coefficient (Wildman–Crippen LogP) is 13.6. The number of para-hydroxylation sites is 1. The van der Waals surface area contributed by atoms with Crippen LogP contribution in [0, 0.1) is 0 Å². The Bertz CT molecular complexity index is 3500. The number of hydrogen-bond acceptors (Lipinski definition) is 4. The van der Waals surface area contributed by atoms with E-state index in [0.717, 1.165) is 22.2 Å². The molecule has 4 aromatic heterocycles. The Balaban J connectivity index is 1.25. The highest BCUT2D eigenvalue weighted by Gasteiger charge is 2.24. The SMILES string of the molecule is Clc1nc2c(nc1-c1cccc(-n3c4c5ccccc5ccc4c4c5ccccc5c5c6ccc7ccccc7c6sc5c43)c1)oc1ccccc12. The maximum absolute atomic E-state index is 6.96. The minimum absolute atomic E-state index is 0.341. The first-order valence-electron chi connectivity index (χ1n) is 17.3. The third kappa shape index (κ3) is 3.76. The van der Waals surface area contributed by atoms with Crippen molar-refractivity contribution in [2.75, 3.05) is 0 Å². The van der Waals surface area contributed by atoms with Crippen molar-refractivity contribution in [3.63, 3.8) is 0 Å². The van der Waals surface area contributed by atoms with Crippen LogP contribution in [0.5, 0.6) is 0 Å². The van der Waals surface area contributed by atoms with Gasteiger partial charge < -0.3 is 8.98 Å². The van der Waals surface area contributed by atoms with E-state index >= 15 is 0 Å². The summed E-state index contributed by atoms with van der Waals surface area (Å²) >= 11 is 8.85. The van der Waals surface area contributed by atoms with Gasteiger partial charge in [0.15, 0.2) is 5.15 Å². The van der Waals surface area contributed by atoms with Crippen molar-refractivity contribution < 1.29 is 4.42 Å². The average Bonchev–Trinajstić information content (AvgIpc) is 3.88. The van der Waals surface area contributed by atoms with Gasteiger partial charge in [0.05, 0.1) is 15.7 Å². The van der Waals surface area contributed by atoms with E-state index in [4.69, 9.17) is 26.0 Å². The number of thiophene rings is 1. The number of furan rings is 1. The van der Waals surface area contributed by atoms with E-state index in [1.807, 2.05) is 35.6 Å². The molecule has 0 N–H and O–H groups in total. The minimum Gasteiger partial charge on any atom is -0.436 e. The number of rotatable bonds is 2. The normalized spacial score (nSPS) is 12.3. The van der Waals surface area contributed by atoms with E-state index in [2.05, 4.69) is 126 Å². The maximum Gasteiger partial charge on any atom is 0.247 e. The van der Waals surface area contributed by atoms with Crippen LogP contribution in [0.3, 0.4) is 0 Å². The number of benzene rings is 8. The first kappa shape index (κ1) is 28.4. The van der Waals surface area contributed by atoms with Gasteiger partial charge >= 0.3 is 0 Å². The standard InChI is InChI=1S/C46H24ClN3OS/c47-45-39(49-46-40(48-45)33-18-7-8-19-36(33)51-46)27-12-9-13-28(24-27)50-41-29-14-3-1-10-25(29)20-22-34(41)37-31-16-5-6-17-32(31)38-35-23-21-26-11-2-4-15-30(26)43(35)52-44(38)42(37)50/h1-24H. The van der Waals surface area contributed by atoms with E-state index in [1.165, 1.54) is 74.3 Å². The van der Waals surface area contributed by atoms with E-state index in [0.29, 0.717) is 22.1 Å². The average molecular weight is 702 g/mol. The van der Waals surface area contributed by atoms with Gasteiger partial charge in [0.25, 0.3) is 0 Å². The highest BCUT2D eigenvalue weighted by molar-refractivity contribution is 7.27. The lowest BCUT2D eigenvalue weighted by Gasteiger charge is -2.13. The number of aromatic nitrogens is 3. The second-order valence-corrected chi connectivity index (χ2v) is 14.8. The molecule has 0 radical (unpaired) electrons. The summed E-state index contributed by atoms with van der Waals surface area (Å²) in [5.74, 6) is 0. The summed E-state index contributed by atoms with van der Waals surface area (Å²) in [5.41, 5.74) is 6.74. The van der Waals surface area contributed by atoms with E-state index in [1.54, 1.807) is 0 Å². The molecule has 242 valence electrons. The molecular weight excluding hydrogens is 678 g/mol. The molecule has 0 aliphatic rings. The van der Waals surface area contributed by atoms with Gasteiger partial charge in [0, 0.05) is 48.3 Å². The molecule has 0 fully saturated rings. The van der Waals surface area contributed by atoms with Gasteiger partial charge in [-0.2, -0.15) is 0 Å². The second kappa shape index (κ2) is 10.4. The van der Waals surface area contributed by atoms with Gasteiger partial charge in [-0.15, -0.1) is 11.3 Å². The molecule has 0 unspecified atom stereocenters. The fraction of sp³-hybridized carbons (Fsp3) is 0. The maximum atomic E-state index is 6.96. The van der Waals surface area contributed by atoms with Gasteiger partial charge in [0.1, 0.15) is 16.8 Å². The number of hydrogen-bond donors (Lipinski definition) is 0. The summed E-state index contributed by atoms with van der Waals surface area (Å²) in [6.45, 7) is 0. The van der Waals surface area contributed by atoms with Crippen LogP contribution < -0.4 is 0 Å². The van der Waals surface area contributed by atoms with Crippen LogP contribution in [0.2, 0.25) is 5.15 Å². The predicted molar refractivity (Wildman–Crippen MR) is 220 cm³/mol. The van der Waals surface area contributed by atoms with Crippen molar-refractivity contribution in [2.24, 2.45) is 0 Å². The lowest BCUT2D eigenvalue weighted by molar-refractivity contribution is 0.653. The van der Waals surface area contributed by atoms with Crippen molar-refractivity contribution in [1.82, 2.24) is 14.5 Å². The molecule has 0 amide bonds. The van der Waals surface area contributed by atoms with E-state index in [9.17, 15) is 0 Å². The first-order valence-corrected chi connectivity index (χ1v) is 18.5. The van der Waals surface area contributed by atoms with Crippen LogP contribution >= 0.6 is 22.9 Å². The van der Waals surface area contributed by atoms with E-state index < -0.39 is 0 Å². The molecule has 0 saturated carbocycles. The van der Waals surface area contributed by atoms with E-state index in [-0.39, 0.29) is 0 Å². The molecule has 4 heterocycles. The Hall–Kier alpha value is -6.27. The van der Waals surface area contributed by atoms with Crippen LogP contribution in [0.1, 0.15) is 0 Å². The summed E-state index contributed by atoms with van der Waals surface area (Å²) in [4.78, 5) is 9.76. The Morgan fingerprint density at radius 2 is 1.19 bits per heavy atom. The summed E-state index contributed by atoms with van der Waals surface area (Å²) in [6.07, 6.45) is 0. The monoisotopic (exact) mass is 701 g/mol. The topological polar surface area (TPSA) is 43.9 Å². The Morgan fingerprint density at radius 3 is 2.02 bits per heavy atom. The summed E-state index contributed by atoms with van der Waals surface area (Å²) in [7, 11) is 0. The molecule has 0 aliphatic carbocycles. The molecule has 0 saturated heterocycles. The van der Waals surface area contributed by atoms with Crippen LogP contribution in [-0.4, -0.2) is 14.5 Å². The number of fused-ring (bicyclic) bond motifs is 17. The summed E-state index contributed by atoms with van der Waals surface area (Å²) in [5, 5.41) is 13.7. The highest BCUT2D eigenvalue weighted by Crippen LogP contribution is 2.50. The Morgan fingerprint density at radius 1 is 0.519 bits per heavy atom. The van der Waals surface area contributed by atoms with Crippen molar-refractivity contribution in [3.05, 3.63) is 151 Å². The molecule has 4 nitrogen and oxygen atoms in total. The summed E-state index contributed by atoms with van der Waals surface area (Å²) in [6, 6.07) is 51.8.